The van der Waals surface area contributed by atoms with Gasteiger partial charge in [0.2, 0.25) is 11.8 Å². The Labute approximate surface area is 150 Å². The Balaban J connectivity index is 1.54. The zero-order valence-corrected chi connectivity index (χ0v) is 15.1. The highest BCUT2D eigenvalue weighted by molar-refractivity contribution is 6.13. The molecule has 3 rings (SSSR count). The quantitative estimate of drug-likeness (QED) is 0.583. The molecule has 0 heterocycles. The molecule has 0 aliphatic heterocycles. The number of carbonyl (C=O) groups is 2. The van der Waals surface area contributed by atoms with E-state index in [4.69, 9.17) is 0 Å². The minimum absolute atomic E-state index is 0.115. The van der Waals surface area contributed by atoms with Gasteiger partial charge in [-0.3, -0.25) is 9.59 Å². The summed E-state index contributed by atoms with van der Waals surface area (Å²) in [6.07, 6.45) is 10.2. The van der Waals surface area contributed by atoms with Gasteiger partial charge in [-0.05, 0) is 63.0 Å². The van der Waals surface area contributed by atoms with Crippen molar-refractivity contribution < 1.29 is 9.59 Å². The van der Waals surface area contributed by atoms with Crippen LogP contribution in [0.2, 0.25) is 0 Å². The van der Waals surface area contributed by atoms with Gasteiger partial charge >= 0.3 is 0 Å². The smallest absolute Gasteiger partial charge is 0.240 e. The minimum Gasteiger partial charge on any atom is -0.355 e. The van der Waals surface area contributed by atoms with Crippen molar-refractivity contribution in [2.45, 2.75) is 58.3 Å². The van der Waals surface area contributed by atoms with E-state index in [0.29, 0.717) is 19.4 Å². The fourth-order valence-electron chi connectivity index (χ4n) is 3.51. The molecule has 0 spiro atoms. The first-order chi connectivity index (χ1) is 12.2. The lowest BCUT2D eigenvalue weighted by molar-refractivity contribution is -0.134. The SMILES string of the molecule is CCc1ccccc1NC(=O)C1(C(=O)NCCC2=CCCCC2)CC1. The second-order valence-electron chi connectivity index (χ2n) is 7.16. The Morgan fingerprint density at radius 2 is 1.92 bits per heavy atom. The van der Waals surface area contributed by atoms with Crippen LogP contribution in [0.1, 0.15) is 57.4 Å². The molecule has 1 aromatic rings. The molecule has 25 heavy (non-hydrogen) atoms. The monoisotopic (exact) mass is 340 g/mol. The predicted molar refractivity (Wildman–Crippen MR) is 100 cm³/mol. The standard InChI is InChI=1S/C21H28N2O2/c1-2-17-10-6-7-11-18(17)23-20(25)21(13-14-21)19(24)22-15-12-16-8-4-3-5-9-16/h6-8,10-11H,2-5,9,12-15H2,1H3,(H,22,24)(H,23,25). The highest BCUT2D eigenvalue weighted by atomic mass is 16.2. The maximum absolute atomic E-state index is 12.7. The Bertz CT molecular complexity index is 674. The van der Waals surface area contributed by atoms with Gasteiger partial charge in [-0.1, -0.05) is 36.8 Å². The number of nitrogens with one attached hydrogen (secondary N) is 2. The van der Waals surface area contributed by atoms with Crippen LogP contribution in [-0.4, -0.2) is 18.4 Å². The average Bonchev–Trinajstić information content (AvgIpc) is 3.45. The fraction of sp³-hybridized carbons (Fsp3) is 0.524. The summed E-state index contributed by atoms with van der Waals surface area (Å²) >= 11 is 0. The lowest BCUT2D eigenvalue weighted by Crippen LogP contribution is -2.40. The van der Waals surface area contributed by atoms with E-state index in [1.54, 1.807) is 0 Å². The van der Waals surface area contributed by atoms with Crippen LogP contribution in [0.25, 0.3) is 0 Å². The number of rotatable bonds is 7. The number of allylic oxidation sites excluding steroid dienone is 1. The van der Waals surface area contributed by atoms with Crippen molar-refractivity contribution in [2.24, 2.45) is 5.41 Å². The Kier molecular flexibility index (Phi) is 5.57. The van der Waals surface area contributed by atoms with Crippen LogP contribution in [0.5, 0.6) is 0 Å². The van der Waals surface area contributed by atoms with E-state index in [0.717, 1.165) is 36.9 Å². The third-order valence-corrected chi connectivity index (χ3v) is 5.38. The van der Waals surface area contributed by atoms with Gasteiger partial charge in [-0.2, -0.15) is 0 Å². The molecule has 1 saturated carbocycles. The Morgan fingerprint density at radius 3 is 2.60 bits per heavy atom. The van der Waals surface area contributed by atoms with Crippen molar-refractivity contribution in [2.75, 3.05) is 11.9 Å². The van der Waals surface area contributed by atoms with Crippen molar-refractivity contribution in [1.29, 1.82) is 0 Å². The molecule has 1 aromatic carbocycles. The van der Waals surface area contributed by atoms with E-state index in [1.807, 2.05) is 24.3 Å². The Morgan fingerprint density at radius 1 is 1.12 bits per heavy atom. The van der Waals surface area contributed by atoms with Gasteiger partial charge in [0.05, 0.1) is 0 Å². The van der Waals surface area contributed by atoms with E-state index < -0.39 is 5.41 Å². The summed E-state index contributed by atoms with van der Waals surface area (Å²) in [4.78, 5) is 25.3. The molecular formula is C21H28N2O2. The summed E-state index contributed by atoms with van der Waals surface area (Å²) < 4.78 is 0. The molecule has 4 nitrogen and oxygen atoms in total. The number of benzene rings is 1. The maximum Gasteiger partial charge on any atom is 0.240 e. The van der Waals surface area contributed by atoms with Gasteiger partial charge < -0.3 is 10.6 Å². The van der Waals surface area contributed by atoms with Crippen molar-refractivity contribution in [1.82, 2.24) is 5.32 Å². The number of hydrogen-bond acceptors (Lipinski definition) is 2. The minimum atomic E-state index is -0.859. The summed E-state index contributed by atoms with van der Waals surface area (Å²) in [6, 6.07) is 7.79. The van der Waals surface area contributed by atoms with Gasteiger partial charge in [0, 0.05) is 12.2 Å². The first kappa shape index (κ1) is 17.7. The molecule has 0 bridgehead atoms. The molecule has 0 aromatic heterocycles. The van der Waals surface area contributed by atoms with E-state index in [2.05, 4.69) is 23.6 Å². The normalized spacial score (nSPS) is 18.2. The largest absolute Gasteiger partial charge is 0.355 e. The molecule has 134 valence electrons. The molecule has 1 fully saturated rings. The van der Waals surface area contributed by atoms with Crippen LogP contribution < -0.4 is 10.6 Å². The lowest BCUT2D eigenvalue weighted by atomic mass is 9.97. The second-order valence-corrected chi connectivity index (χ2v) is 7.16. The summed E-state index contributed by atoms with van der Waals surface area (Å²) in [5.41, 5.74) is 2.50. The van der Waals surface area contributed by atoms with Crippen LogP contribution in [0.4, 0.5) is 5.69 Å². The first-order valence-electron chi connectivity index (χ1n) is 9.51. The predicted octanol–water partition coefficient (Wildman–Crippen LogP) is 3.97. The van der Waals surface area contributed by atoms with E-state index in [9.17, 15) is 9.59 Å². The third kappa shape index (κ3) is 4.12. The maximum atomic E-state index is 12.7. The molecule has 2 aliphatic rings. The summed E-state index contributed by atoms with van der Waals surface area (Å²) in [7, 11) is 0. The molecule has 4 heteroatoms. The van der Waals surface area contributed by atoms with Crippen molar-refractivity contribution >= 4 is 17.5 Å². The number of para-hydroxylation sites is 1. The summed E-state index contributed by atoms with van der Waals surface area (Å²) in [6.45, 7) is 2.69. The molecule has 0 saturated heterocycles. The van der Waals surface area contributed by atoms with Gasteiger partial charge in [-0.15, -0.1) is 0 Å². The fourth-order valence-corrected chi connectivity index (χ4v) is 3.51. The van der Waals surface area contributed by atoms with Crippen molar-refractivity contribution in [3.8, 4) is 0 Å². The average molecular weight is 340 g/mol. The van der Waals surface area contributed by atoms with E-state index in [-0.39, 0.29) is 11.8 Å². The first-order valence-corrected chi connectivity index (χ1v) is 9.51. The molecule has 2 amide bonds. The van der Waals surface area contributed by atoms with Gasteiger partial charge in [0.15, 0.2) is 0 Å². The summed E-state index contributed by atoms with van der Waals surface area (Å²) in [5.74, 6) is -0.279. The van der Waals surface area contributed by atoms with Crippen LogP contribution in [0.3, 0.4) is 0 Å². The van der Waals surface area contributed by atoms with Crippen LogP contribution in [0.15, 0.2) is 35.9 Å². The number of aryl methyl sites for hydroxylation is 1. The van der Waals surface area contributed by atoms with Gasteiger partial charge in [0.1, 0.15) is 5.41 Å². The molecule has 2 aliphatic carbocycles. The highest BCUT2D eigenvalue weighted by Crippen LogP contribution is 2.47. The molecular weight excluding hydrogens is 312 g/mol. The second kappa shape index (κ2) is 7.85. The zero-order valence-electron chi connectivity index (χ0n) is 15.1. The number of anilines is 1. The molecule has 0 atom stereocenters. The lowest BCUT2D eigenvalue weighted by Gasteiger charge is -2.18. The number of hydrogen-bond donors (Lipinski definition) is 2. The topological polar surface area (TPSA) is 58.2 Å². The van der Waals surface area contributed by atoms with Gasteiger partial charge in [0.25, 0.3) is 0 Å². The Hall–Kier alpha value is -2.10. The van der Waals surface area contributed by atoms with Crippen molar-refractivity contribution in [3.63, 3.8) is 0 Å². The highest BCUT2D eigenvalue weighted by Gasteiger charge is 2.56. The molecule has 0 unspecified atom stereocenters. The van der Waals surface area contributed by atoms with Crippen LogP contribution in [0, 0.1) is 5.41 Å². The van der Waals surface area contributed by atoms with Gasteiger partial charge in [-0.25, -0.2) is 0 Å². The number of amides is 2. The number of carbonyl (C=O) groups excluding carboxylic acids is 2. The van der Waals surface area contributed by atoms with Crippen LogP contribution >= 0.6 is 0 Å². The van der Waals surface area contributed by atoms with E-state index in [1.165, 1.54) is 18.4 Å². The van der Waals surface area contributed by atoms with E-state index >= 15 is 0 Å². The molecule has 2 N–H and O–H groups in total. The van der Waals surface area contributed by atoms with Crippen LogP contribution in [-0.2, 0) is 16.0 Å². The zero-order chi connectivity index (χ0) is 17.7. The summed E-state index contributed by atoms with van der Waals surface area (Å²) in [5, 5.41) is 5.96. The van der Waals surface area contributed by atoms with Crippen molar-refractivity contribution in [3.05, 3.63) is 41.5 Å². The molecule has 0 radical (unpaired) electrons. The third-order valence-electron chi connectivity index (χ3n) is 5.38.